The molecule has 1 amide bonds. The smallest absolute Gasteiger partial charge is 0.240 e. The maximum Gasteiger partial charge on any atom is 0.240 e. The van der Waals surface area contributed by atoms with Crippen LogP contribution in [0, 0.1) is 31.1 Å². The van der Waals surface area contributed by atoms with Gasteiger partial charge in [0.05, 0.1) is 5.56 Å². The number of carbonyl (C=O) groups excluding carboxylic acids is 1. The van der Waals surface area contributed by atoms with Gasteiger partial charge in [-0.25, -0.2) is 4.98 Å². The minimum Gasteiger partial charge on any atom is -0.368 e. The molecular formula is C13H18N4O. The van der Waals surface area contributed by atoms with Gasteiger partial charge in [0.15, 0.2) is 0 Å². The summed E-state index contributed by atoms with van der Waals surface area (Å²) in [5.74, 6) is -0.000916. The van der Waals surface area contributed by atoms with E-state index in [2.05, 4.69) is 16.4 Å². The number of primary amides is 1. The Morgan fingerprint density at radius 3 is 2.56 bits per heavy atom. The summed E-state index contributed by atoms with van der Waals surface area (Å²) in [6.45, 7) is 7.45. The number of nitrogens with two attached hydrogens (primary N) is 1. The third-order valence-corrected chi connectivity index (χ3v) is 2.72. The highest BCUT2D eigenvalue weighted by Gasteiger charge is 2.21. The van der Waals surface area contributed by atoms with Gasteiger partial charge < -0.3 is 11.1 Å². The monoisotopic (exact) mass is 246 g/mol. The van der Waals surface area contributed by atoms with Crippen molar-refractivity contribution in [1.29, 1.82) is 5.26 Å². The zero-order valence-corrected chi connectivity index (χ0v) is 11.1. The summed E-state index contributed by atoms with van der Waals surface area (Å²) in [7, 11) is 0. The van der Waals surface area contributed by atoms with E-state index in [0.717, 1.165) is 11.3 Å². The van der Waals surface area contributed by atoms with Gasteiger partial charge in [0, 0.05) is 5.69 Å². The number of carbonyl (C=O) groups is 1. The summed E-state index contributed by atoms with van der Waals surface area (Å²) < 4.78 is 0. The molecule has 0 aliphatic rings. The summed E-state index contributed by atoms with van der Waals surface area (Å²) in [5.41, 5.74) is 7.42. The fourth-order valence-electron chi connectivity index (χ4n) is 1.80. The van der Waals surface area contributed by atoms with Gasteiger partial charge in [0.1, 0.15) is 17.9 Å². The number of hydrogen-bond acceptors (Lipinski definition) is 4. The van der Waals surface area contributed by atoms with E-state index in [9.17, 15) is 4.79 Å². The van der Waals surface area contributed by atoms with Gasteiger partial charge in [-0.2, -0.15) is 5.26 Å². The minimum atomic E-state index is -0.536. The standard InChI is InChI=1S/C13H18N4O/c1-7(2)11(12(15)18)17-13-10(6-14)8(3)5-9(4)16-13/h5,7,11H,1-4H3,(H2,15,18)(H,16,17). The topological polar surface area (TPSA) is 91.8 Å². The van der Waals surface area contributed by atoms with E-state index in [0.29, 0.717) is 11.4 Å². The van der Waals surface area contributed by atoms with Gasteiger partial charge in [-0.05, 0) is 31.4 Å². The van der Waals surface area contributed by atoms with Crippen molar-refractivity contribution in [2.75, 3.05) is 5.32 Å². The van der Waals surface area contributed by atoms with Gasteiger partial charge in [-0.3, -0.25) is 4.79 Å². The highest BCUT2D eigenvalue weighted by atomic mass is 16.1. The number of pyridine rings is 1. The minimum absolute atomic E-state index is 0.0247. The third-order valence-electron chi connectivity index (χ3n) is 2.72. The molecule has 0 fully saturated rings. The molecule has 0 bridgehead atoms. The summed E-state index contributed by atoms with van der Waals surface area (Å²) >= 11 is 0. The second kappa shape index (κ2) is 5.50. The van der Waals surface area contributed by atoms with E-state index >= 15 is 0 Å². The van der Waals surface area contributed by atoms with Crippen LogP contribution in [0.2, 0.25) is 0 Å². The molecule has 1 rings (SSSR count). The maximum atomic E-state index is 11.4. The van der Waals surface area contributed by atoms with Crippen molar-refractivity contribution in [3.8, 4) is 6.07 Å². The van der Waals surface area contributed by atoms with Crippen molar-refractivity contribution in [1.82, 2.24) is 4.98 Å². The lowest BCUT2D eigenvalue weighted by Crippen LogP contribution is -2.40. The van der Waals surface area contributed by atoms with Crippen LogP contribution in [-0.4, -0.2) is 16.9 Å². The van der Waals surface area contributed by atoms with Crippen LogP contribution in [0.5, 0.6) is 0 Å². The van der Waals surface area contributed by atoms with Crippen LogP contribution in [0.1, 0.15) is 30.7 Å². The molecule has 0 radical (unpaired) electrons. The first-order chi connectivity index (χ1) is 8.36. The lowest BCUT2D eigenvalue weighted by atomic mass is 10.0. The van der Waals surface area contributed by atoms with E-state index in [1.807, 2.05) is 33.8 Å². The average Bonchev–Trinajstić information content (AvgIpc) is 2.24. The first kappa shape index (κ1) is 14.0. The fourth-order valence-corrected chi connectivity index (χ4v) is 1.80. The molecule has 96 valence electrons. The van der Waals surface area contributed by atoms with Crippen molar-refractivity contribution in [3.63, 3.8) is 0 Å². The molecule has 0 spiro atoms. The zero-order chi connectivity index (χ0) is 13.9. The molecule has 3 N–H and O–H groups in total. The zero-order valence-electron chi connectivity index (χ0n) is 11.1. The summed E-state index contributed by atoms with van der Waals surface area (Å²) in [5, 5.41) is 12.1. The number of nitrogens with one attached hydrogen (secondary N) is 1. The van der Waals surface area contributed by atoms with Crippen molar-refractivity contribution < 1.29 is 4.79 Å². The number of anilines is 1. The van der Waals surface area contributed by atoms with Gasteiger partial charge in [0.2, 0.25) is 5.91 Å². The largest absolute Gasteiger partial charge is 0.368 e. The number of nitriles is 1. The number of nitrogens with zero attached hydrogens (tertiary/aromatic N) is 2. The van der Waals surface area contributed by atoms with Crippen LogP contribution < -0.4 is 11.1 Å². The lowest BCUT2D eigenvalue weighted by Gasteiger charge is -2.20. The van der Waals surface area contributed by atoms with Gasteiger partial charge in [0.25, 0.3) is 0 Å². The van der Waals surface area contributed by atoms with Crippen molar-refractivity contribution in [2.24, 2.45) is 11.7 Å². The quantitative estimate of drug-likeness (QED) is 0.842. The van der Waals surface area contributed by atoms with Crippen LogP contribution in [0.4, 0.5) is 5.82 Å². The Bertz CT molecular complexity index is 502. The molecule has 5 nitrogen and oxygen atoms in total. The second-order valence-corrected chi connectivity index (χ2v) is 4.68. The molecular weight excluding hydrogens is 228 g/mol. The molecule has 5 heteroatoms. The van der Waals surface area contributed by atoms with Crippen molar-refractivity contribution in [3.05, 3.63) is 22.9 Å². The lowest BCUT2D eigenvalue weighted by molar-refractivity contribution is -0.119. The first-order valence-corrected chi connectivity index (χ1v) is 5.81. The van der Waals surface area contributed by atoms with E-state index < -0.39 is 11.9 Å². The summed E-state index contributed by atoms with van der Waals surface area (Å²) in [4.78, 5) is 15.6. The SMILES string of the molecule is Cc1cc(C)c(C#N)c(NC(C(N)=O)C(C)C)n1. The number of aryl methyl sites for hydroxylation is 2. The Labute approximate surface area is 107 Å². The van der Waals surface area contributed by atoms with Crippen LogP contribution in [0.25, 0.3) is 0 Å². The van der Waals surface area contributed by atoms with E-state index in [1.165, 1.54) is 0 Å². The predicted octanol–water partition coefficient (Wildman–Crippen LogP) is 1.49. The molecule has 1 aromatic heterocycles. The predicted molar refractivity (Wildman–Crippen MR) is 69.9 cm³/mol. The Morgan fingerprint density at radius 2 is 2.11 bits per heavy atom. The Morgan fingerprint density at radius 1 is 1.50 bits per heavy atom. The van der Waals surface area contributed by atoms with Crippen LogP contribution in [-0.2, 0) is 4.79 Å². The highest BCUT2D eigenvalue weighted by Crippen LogP contribution is 2.19. The van der Waals surface area contributed by atoms with E-state index in [1.54, 1.807) is 0 Å². The second-order valence-electron chi connectivity index (χ2n) is 4.68. The average molecular weight is 246 g/mol. The molecule has 18 heavy (non-hydrogen) atoms. The van der Waals surface area contributed by atoms with Crippen LogP contribution >= 0.6 is 0 Å². The normalized spacial score (nSPS) is 12.0. The molecule has 0 saturated carbocycles. The van der Waals surface area contributed by atoms with E-state index in [4.69, 9.17) is 11.0 Å². The van der Waals surface area contributed by atoms with Crippen molar-refractivity contribution >= 4 is 11.7 Å². The molecule has 1 aromatic rings. The number of rotatable bonds is 4. The Hall–Kier alpha value is -2.09. The van der Waals surface area contributed by atoms with Gasteiger partial charge >= 0.3 is 0 Å². The molecule has 0 saturated heterocycles. The van der Waals surface area contributed by atoms with E-state index in [-0.39, 0.29) is 5.92 Å². The molecule has 1 unspecified atom stereocenters. The molecule has 1 atom stereocenters. The molecule has 1 heterocycles. The fraction of sp³-hybridized carbons (Fsp3) is 0.462. The number of hydrogen-bond donors (Lipinski definition) is 2. The number of aromatic nitrogens is 1. The molecule has 0 aliphatic carbocycles. The van der Waals surface area contributed by atoms with Crippen LogP contribution in [0.3, 0.4) is 0 Å². The Kier molecular flexibility index (Phi) is 4.27. The molecule has 0 aliphatic heterocycles. The first-order valence-electron chi connectivity index (χ1n) is 5.81. The number of amides is 1. The Balaban J connectivity index is 3.18. The van der Waals surface area contributed by atoms with Crippen molar-refractivity contribution in [2.45, 2.75) is 33.7 Å². The van der Waals surface area contributed by atoms with Crippen LogP contribution in [0.15, 0.2) is 6.07 Å². The van der Waals surface area contributed by atoms with Gasteiger partial charge in [-0.15, -0.1) is 0 Å². The molecule has 0 aromatic carbocycles. The maximum absolute atomic E-state index is 11.4. The summed E-state index contributed by atoms with van der Waals surface area (Å²) in [6, 6.07) is 3.39. The highest BCUT2D eigenvalue weighted by molar-refractivity contribution is 5.83. The van der Waals surface area contributed by atoms with Gasteiger partial charge in [-0.1, -0.05) is 13.8 Å². The third kappa shape index (κ3) is 2.98. The summed E-state index contributed by atoms with van der Waals surface area (Å²) in [6.07, 6.45) is 0.